The molecule has 0 aliphatic heterocycles. The number of benzene rings is 1. The number of aryl methyl sites for hydroxylation is 1. The van der Waals surface area contributed by atoms with E-state index in [1.54, 1.807) is 11.8 Å². The van der Waals surface area contributed by atoms with E-state index in [2.05, 4.69) is 29.7 Å². The van der Waals surface area contributed by atoms with Gasteiger partial charge in [0.2, 0.25) is 0 Å². The molecule has 0 aliphatic rings. The number of fused-ring (bicyclic) bond motifs is 1. The molecule has 18 heavy (non-hydrogen) atoms. The van der Waals surface area contributed by atoms with Crippen LogP contribution in [0, 0.1) is 12.3 Å². The molecule has 0 amide bonds. The summed E-state index contributed by atoms with van der Waals surface area (Å²) in [6.07, 6.45) is 7.38. The summed E-state index contributed by atoms with van der Waals surface area (Å²) >= 11 is 7.78. The largest absolute Gasteiger partial charge is 0.339 e. The van der Waals surface area contributed by atoms with Crippen LogP contribution in [0.5, 0.6) is 0 Å². The smallest absolute Gasteiger partial charge is 0.0759 e. The monoisotopic (exact) mass is 275 g/mol. The van der Waals surface area contributed by atoms with Crippen LogP contribution in [0.3, 0.4) is 0 Å². The number of thioether (sulfide) groups is 1. The van der Waals surface area contributed by atoms with Gasteiger partial charge in [-0.3, -0.25) is 0 Å². The number of rotatable bonds is 3. The molecule has 1 aromatic heterocycles. The molecule has 0 atom stereocenters. The number of nitrogens with zero attached hydrogens (tertiary/aromatic N) is 1. The van der Waals surface area contributed by atoms with Gasteiger partial charge in [0.15, 0.2) is 0 Å². The maximum Gasteiger partial charge on any atom is 0.0759 e. The summed E-state index contributed by atoms with van der Waals surface area (Å²) in [4.78, 5) is 0. The second-order valence-electron chi connectivity index (χ2n) is 4.09. The first-order valence-corrected chi connectivity index (χ1v) is 6.99. The highest BCUT2D eigenvalue weighted by Gasteiger charge is 2.05. The van der Waals surface area contributed by atoms with Gasteiger partial charge >= 0.3 is 0 Å². The van der Waals surface area contributed by atoms with Gasteiger partial charge in [-0.15, -0.1) is 18.2 Å². The first kappa shape index (κ1) is 13.1. The number of aromatic nitrogens is 1. The summed E-state index contributed by atoms with van der Waals surface area (Å²) in [5.74, 6) is 3.51. The van der Waals surface area contributed by atoms with Crippen molar-refractivity contribution in [1.82, 2.24) is 4.57 Å². The van der Waals surface area contributed by atoms with Crippen molar-refractivity contribution in [3.8, 4) is 12.3 Å². The fraction of sp³-hybridized carbons (Fsp3) is 0.200. The number of halogens is 1. The van der Waals surface area contributed by atoms with Crippen molar-refractivity contribution < 1.29 is 0 Å². The zero-order valence-corrected chi connectivity index (χ0v) is 12.0. The molecular formula is C15H14ClNS. The molecule has 0 spiro atoms. The molecule has 0 aliphatic carbocycles. The van der Waals surface area contributed by atoms with Crippen LogP contribution in [0.15, 0.2) is 40.9 Å². The Morgan fingerprint density at radius 1 is 1.50 bits per heavy atom. The predicted octanol–water partition coefficient (Wildman–Crippen LogP) is 4.50. The lowest BCUT2D eigenvalue weighted by molar-refractivity contribution is 0.863. The number of hydrogen-bond donors (Lipinski definition) is 0. The van der Waals surface area contributed by atoms with Gasteiger partial charge in [0, 0.05) is 23.2 Å². The number of allylic oxidation sites excluding steroid dienone is 1. The molecule has 1 aromatic carbocycles. The maximum atomic E-state index is 6.01. The molecular weight excluding hydrogens is 262 g/mol. The fourth-order valence-electron chi connectivity index (χ4n) is 1.73. The van der Waals surface area contributed by atoms with Crippen LogP contribution in [0.2, 0.25) is 5.02 Å². The Kier molecular flexibility index (Phi) is 4.06. The Bertz CT molecular complexity index is 646. The highest BCUT2D eigenvalue weighted by Crippen LogP contribution is 2.28. The summed E-state index contributed by atoms with van der Waals surface area (Å²) < 4.78 is 2.16. The minimum atomic E-state index is 0.767. The van der Waals surface area contributed by atoms with Gasteiger partial charge < -0.3 is 4.57 Å². The molecule has 0 bridgehead atoms. The van der Waals surface area contributed by atoms with E-state index in [1.165, 1.54) is 10.4 Å². The maximum absolute atomic E-state index is 6.01. The van der Waals surface area contributed by atoms with Crippen LogP contribution >= 0.6 is 23.4 Å². The zero-order valence-electron chi connectivity index (χ0n) is 10.4. The number of hydrogen-bond acceptors (Lipinski definition) is 1. The molecule has 0 N–H and O–H groups in total. The van der Waals surface area contributed by atoms with Gasteiger partial charge in [-0.25, -0.2) is 0 Å². The van der Waals surface area contributed by atoms with Crippen molar-refractivity contribution in [1.29, 1.82) is 0 Å². The van der Waals surface area contributed by atoms with Crippen molar-refractivity contribution in [2.75, 3.05) is 5.75 Å². The van der Waals surface area contributed by atoms with E-state index in [4.69, 9.17) is 18.0 Å². The van der Waals surface area contributed by atoms with E-state index in [0.717, 1.165) is 21.9 Å². The quantitative estimate of drug-likeness (QED) is 0.590. The fourth-order valence-corrected chi connectivity index (χ4v) is 2.90. The molecule has 2 rings (SSSR count). The summed E-state index contributed by atoms with van der Waals surface area (Å²) in [6.45, 7) is 1.95. The third-order valence-corrected chi connectivity index (χ3v) is 4.07. The van der Waals surface area contributed by atoms with E-state index < -0.39 is 0 Å². The molecule has 0 fully saturated rings. The Hall–Kier alpha value is -1.30. The first-order valence-electron chi connectivity index (χ1n) is 5.63. The van der Waals surface area contributed by atoms with Gasteiger partial charge in [-0.05, 0) is 30.7 Å². The van der Waals surface area contributed by atoms with Crippen LogP contribution < -0.4 is 0 Å². The van der Waals surface area contributed by atoms with Gasteiger partial charge in [0.1, 0.15) is 0 Å². The molecule has 1 nitrogen and oxygen atoms in total. The lowest BCUT2D eigenvalue weighted by atomic mass is 10.2. The summed E-state index contributed by atoms with van der Waals surface area (Å²) in [6, 6.07) is 8.13. The summed E-state index contributed by atoms with van der Waals surface area (Å²) in [5, 5.41) is 3.19. The van der Waals surface area contributed by atoms with Gasteiger partial charge in [-0.1, -0.05) is 29.7 Å². The van der Waals surface area contributed by atoms with Crippen molar-refractivity contribution in [2.45, 2.75) is 11.9 Å². The molecule has 0 saturated heterocycles. The van der Waals surface area contributed by atoms with Crippen LogP contribution in [-0.2, 0) is 7.05 Å². The van der Waals surface area contributed by atoms with Crippen molar-refractivity contribution in [2.24, 2.45) is 7.05 Å². The van der Waals surface area contributed by atoms with Gasteiger partial charge in [0.25, 0.3) is 0 Å². The molecule has 92 valence electrons. The van der Waals surface area contributed by atoms with Gasteiger partial charge in [0.05, 0.1) is 10.5 Å². The lowest BCUT2D eigenvalue weighted by Gasteiger charge is -2.02. The molecule has 1 heterocycles. The number of terminal acetylenes is 1. The van der Waals surface area contributed by atoms with Crippen LogP contribution in [0.25, 0.3) is 10.9 Å². The minimum absolute atomic E-state index is 0.767. The predicted molar refractivity (Wildman–Crippen MR) is 81.2 cm³/mol. The first-order chi connectivity index (χ1) is 8.61. The highest BCUT2D eigenvalue weighted by atomic mass is 35.5. The SMILES string of the molecule is C#C/C(C)=C/CSc1cc2ccc(Cl)cc2n1C. The minimum Gasteiger partial charge on any atom is -0.339 e. The molecule has 3 heteroatoms. The van der Waals surface area contributed by atoms with Crippen molar-refractivity contribution in [3.63, 3.8) is 0 Å². The second kappa shape index (κ2) is 5.56. The van der Waals surface area contributed by atoms with E-state index in [9.17, 15) is 0 Å². The summed E-state index contributed by atoms with van der Waals surface area (Å²) in [5.41, 5.74) is 2.13. The Morgan fingerprint density at radius 3 is 3.00 bits per heavy atom. The molecule has 0 radical (unpaired) electrons. The van der Waals surface area contributed by atoms with Gasteiger partial charge in [-0.2, -0.15) is 0 Å². The standard InChI is InChI=1S/C15H14ClNS/c1-4-11(2)7-8-18-15-9-12-5-6-13(16)10-14(12)17(15)3/h1,5-7,9-10H,8H2,2-3H3/b11-7+. The zero-order chi connectivity index (χ0) is 13.1. The molecule has 0 saturated carbocycles. The normalized spacial score (nSPS) is 11.8. The topological polar surface area (TPSA) is 4.93 Å². The molecule has 2 aromatic rings. The lowest BCUT2D eigenvalue weighted by Crippen LogP contribution is -1.89. The Morgan fingerprint density at radius 2 is 2.28 bits per heavy atom. The Labute approximate surface area is 117 Å². The van der Waals surface area contributed by atoms with Crippen molar-refractivity contribution >= 4 is 34.3 Å². The van der Waals surface area contributed by atoms with Crippen LogP contribution in [0.1, 0.15) is 6.92 Å². The molecule has 0 unspecified atom stereocenters. The van der Waals surface area contributed by atoms with E-state index in [-0.39, 0.29) is 0 Å². The third-order valence-electron chi connectivity index (χ3n) is 2.81. The second-order valence-corrected chi connectivity index (χ2v) is 5.56. The summed E-state index contributed by atoms with van der Waals surface area (Å²) in [7, 11) is 2.05. The van der Waals surface area contributed by atoms with Crippen LogP contribution in [0.4, 0.5) is 0 Å². The van der Waals surface area contributed by atoms with Crippen molar-refractivity contribution in [3.05, 3.63) is 40.9 Å². The van der Waals surface area contributed by atoms with E-state index in [1.807, 2.05) is 25.1 Å². The highest BCUT2D eigenvalue weighted by molar-refractivity contribution is 7.99. The third kappa shape index (κ3) is 2.75. The van der Waals surface area contributed by atoms with E-state index in [0.29, 0.717) is 0 Å². The van der Waals surface area contributed by atoms with Crippen LogP contribution in [-0.4, -0.2) is 10.3 Å². The average molecular weight is 276 g/mol. The average Bonchev–Trinajstić information content (AvgIpc) is 2.66. The van der Waals surface area contributed by atoms with E-state index >= 15 is 0 Å². The Balaban J connectivity index is 2.25.